The van der Waals surface area contributed by atoms with Crippen LogP contribution < -0.4 is 5.32 Å². The molecule has 0 amide bonds. The number of nitrogens with one attached hydrogen (secondary N) is 1. The van der Waals surface area contributed by atoms with E-state index >= 15 is 0 Å². The average molecular weight is 215 g/mol. The first kappa shape index (κ1) is 14.9. The average Bonchev–Trinajstić information content (AvgIpc) is 2.21. The van der Waals surface area contributed by atoms with Gasteiger partial charge < -0.3 is 10.1 Å². The van der Waals surface area contributed by atoms with E-state index in [0.717, 1.165) is 32.2 Å². The summed E-state index contributed by atoms with van der Waals surface area (Å²) in [6.07, 6.45) is 2.42. The van der Waals surface area contributed by atoms with E-state index in [1.54, 1.807) is 0 Å². The molecule has 1 N–H and O–H groups in total. The van der Waals surface area contributed by atoms with Crippen molar-refractivity contribution in [2.45, 2.75) is 47.5 Å². The Labute approximate surface area is 95.8 Å². The lowest BCUT2D eigenvalue weighted by atomic mass is 9.75. The van der Waals surface area contributed by atoms with Crippen molar-refractivity contribution in [1.29, 1.82) is 0 Å². The van der Waals surface area contributed by atoms with Crippen molar-refractivity contribution in [2.24, 2.45) is 11.3 Å². The molecule has 0 rings (SSSR count). The summed E-state index contributed by atoms with van der Waals surface area (Å²) in [5.41, 5.74) is 0.410. The Hall–Kier alpha value is -0.0800. The van der Waals surface area contributed by atoms with Crippen molar-refractivity contribution < 1.29 is 4.74 Å². The fraction of sp³-hybridized carbons (Fsp3) is 1.00. The molecule has 0 aliphatic carbocycles. The molecule has 0 saturated carbocycles. The molecule has 0 bridgehead atoms. The van der Waals surface area contributed by atoms with Gasteiger partial charge in [0, 0.05) is 19.8 Å². The smallest absolute Gasteiger partial charge is 0.0466 e. The lowest BCUT2D eigenvalue weighted by Gasteiger charge is -2.34. The molecule has 0 aromatic heterocycles. The Morgan fingerprint density at radius 1 is 1.27 bits per heavy atom. The number of hydrogen-bond donors (Lipinski definition) is 1. The minimum atomic E-state index is 0.410. The molecule has 1 atom stereocenters. The molecular formula is C13H29NO. The molecule has 92 valence electrons. The molecule has 0 aliphatic heterocycles. The van der Waals surface area contributed by atoms with E-state index in [1.807, 2.05) is 0 Å². The van der Waals surface area contributed by atoms with Crippen molar-refractivity contribution in [3.63, 3.8) is 0 Å². The Bertz CT molecular complexity index is 147. The van der Waals surface area contributed by atoms with E-state index in [4.69, 9.17) is 4.74 Å². The van der Waals surface area contributed by atoms with Crippen molar-refractivity contribution in [3.05, 3.63) is 0 Å². The van der Waals surface area contributed by atoms with Gasteiger partial charge in [0.1, 0.15) is 0 Å². The molecule has 0 heterocycles. The van der Waals surface area contributed by atoms with Crippen LogP contribution in [-0.2, 0) is 4.74 Å². The molecule has 1 unspecified atom stereocenters. The minimum Gasteiger partial charge on any atom is -0.382 e. The molecular weight excluding hydrogens is 186 g/mol. The van der Waals surface area contributed by atoms with Gasteiger partial charge in [-0.05, 0) is 37.6 Å². The van der Waals surface area contributed by atoms with E-state index in [1.165, 1.54) is 12.8 Å². The van der Waals surface area contributed by atoms with Crippen LogP contribution in [0, 0.1) is 11.3 Å². The standard InChI is InChI=1S/C13H29NO/c1-6-14-11-13(5,12(3)4)9-8-10-15-7-2/h12,14H,6-11H2,1-5H3. The monoisotopic (exact) mass is 215 g/mol. The van der Waals surface area contributed by atoms with Gasteiger partial charge in [0.05, 0.1) is 0 Å². The minimum absolute atomic E-state index is 0.410. The highest BCUT2D eigenvalue weighted by atomic mass is 16.5. The fourth-order valence-corrected chi connectivity index (χ4v) is 1.71. The number of rotatable bonds is 9. The van der Waals surface area contributed by atoms with E-state index in [0.29, 0.717) is 5.41 Å². The predicted octanol–water partition coefficient (Wildman–Crippen LogP) is 3.07. The summed E-state index contributed by atoms with van der Waals surface area (Å²) in [5, 5.41) is 3.47. The summed E-state index contributed by atoms with van der Waals surface area (Å²) in [5.74, 6) is 0.721. The molecule has 0 aromatic rings. The molecule has 0 spiro atoms. The van der Waals surface area contributed by atoms with Gasteiger partial charge in [-0.1, -0.05) is 27.7 Å². The SMILES string of the molecule is CCNCC(C)(CCCOCC)C(C)C. The second kappa shape index (κ2) is 8.12. The quantitative estimate of drug-likeness (QED) is 0.597. The molecule has 15 heavy (non-hydrogen) atoms. The van der Waals surface area contributed by atoms with Gasteiger partial charge in [-0.15, -0.1) is 0 Å². The summed E-state index contributed by atoms with van der Waals surface area (Å²) in [7, 11) is 0. The summed E-state index contributed by atoms with van der Waals surface area (Å²) >= 11 is 0. The lowest BCUT2D eigenvalue weighted by molar-refractivity contribution is 0.116. The zero-order valence-corrected chi connectivity index (χ0v) is 11.2. The van der Waals surface area contributed by atoms with Gasteiger partial charge >= 0.3 is 0 Å². The molecule has 0 saturated heterocycles. The topological polar surface area (TPSA) is 21.3 Å². The Balaban J connectivity index is 3.90. The highest BCUT2D eigenvalue weighted by Crippen LogP contribution is 2.31. The second-order valence-electron chi connectivity index (χ2n) is 4.89. The molecule has 0 radical (unpaired) electrons. The first-order valence-electron chi connectivity index (χ1n) is 6.35. The molecule has 2 nitrogen and oxygen atoms in total. The normalized spacial score (nSPS) is 15.6. The van der Waals surface area contributed by atoms with E-state index in [9.17, 15) is 0 Å². The van der Waals surface area contributed by atoms with Gasteiger partial charge in [-0.25, -0.2) is 0 Å². The maximum absolute atomic E-state index is 5.39. The molecule has 2 heteroatoms. The zero-order valence-electron chi connectivity index (χ0n) is 11.2. The predicted molar refractivity (Wildman–Crippen MR) is 67.2 cm³/mol. The third kappa shape index (κ3) is 6.16. The van der Waals surface area contributed by atoms with Gasteiger partial charge in [0.25, 0.3) is 0 Å². The van der Waals surface area contributed by atoms with Gasteiger partial charge in [-0.2, -0.15) is 0 Å². The number of hydrogen-bond acceptors (Lipinski definition) is 2. The van der Waals surface area contributed by atoms with Crippen molar-refractivity contribution >= 4 is 0 Å². The summed E-state index contributed by atoms with van der Waals surface area (Å²) in [6, 6.07) is 0. The van der Waals surface area contributed by atoms with Crippen molar-refractivity contribution in [3.8, 4) is 0 Å². The van der Waals surface area contributed by atoms with Crippen LogP contribution in [0.15, 0.2) is 0 Å². The lowest BCUT2D eigenvalue weighted by Crippen LogP contribution is -2.36. The first-order chi connectivity index (χ1) is 7.06. The van der Waals surface area contributed by atoms with E-state index in [-0.39, 0.29) is 0 Å². The van der Waals surface area contributed by atoms with Crippen LogP contribution in [-0.4, -0.2) is 26.3 Å². The van der Waals surface area contributed by atoms with Crippen LogP contribution in [0.4, 0.5) is 0 Å². The first-order valence-corrected chi connectivity index (χ1v) is 6.35. The van der Waals surface area contributed by atoms with Crippen molar-refractivity contribution in [1.82, 2.24) is 5.32 Å². The van der Waals surface area contributed by atoms with Crippen LogP contribution in [0.3, 0.4) is 0 Å². The Kier molecular flexibility index (Phi) is 8.07. The fourth-order valence-electron chi connectivity index (χ4n) is 1.71. The van der Waals surface area contributed by atoms with Crippen molar-refractivity contribution in [2.75, 3.05) is 26.3 Å². The highest BCUT2D eigenvalue weighted by molar-refractivity contribution is 4.79. The van der Waals surface area contributed by atoms with Crippen LogP contribution in [0.25, 0.3) is 0 Å². The molecule has 0 aliphatic rings. The third-order valence-corrected chi connectivity index (χ3v) is 3.41. The van der Waals surface area contributed by atoms with Gasteiger partial charge in [0.2, 0.25) is 0 Å². The Morgan fingerprint density at radius 3 is 2.40 bits per heavy atom. The summed E-state index contributed by atoms with van der Waals surface area (Å²) < 4.78 is 5.39. The summed E-state index contributed by atoms with van der Waals surface area (Å²) in [4.78, 5) is 0. The van der Waals surface area contributed by atoms with Gasteiger partial charge in [0.15, 0.2) is 0 Å². The van der Waals surface area contributed by atoms with E-state index < -0.39 is 0 Å². The van der Waals surface area contributed by atoms with Crippen LogP contribution in [0.2, 0.25) is 0 Å². The maximum Gasteiger partial charge on any atom is 0.0466 e. The largest absolute Gasteiger partial charge is 0.382 e. The van der Waals surface area contributed by atoms with Crippen LogP contribution in [0.5, 0.6) is 0 Å². The van der Waals surface area contributed by atoms with Crippen LogP contribution in [0.1, 0.15) is 47.5 Å². The van der Waals surface area contributed by atoms with Gasteiger partial charge in [-0.3, -0.25) is 0 Å². The molecule has 0 aromatic carbocycles. The highest BCUT2D eigenvalue weighted by Gasteiger charge is 2.26. The van der Waals surface area contributed by atoms with Crippen LogP contribution >= 0.6 is 0 Å². The second-order valence-corrected chi connectivity index (χ2v) is 4.89. The summed E-state index contributed by atoms with van der Waals surface area (Å²) in [6.45, 7) is 15.2. The number of ether oxygens (including phenoxy) is 1. The maximum atomic E-state index is 5.39. The van der Waals surface area contributed by atoms with E-state index in [2.05, 4.69) is 39.9 Å². The zero-order chi connectivity index (χ0) is 11.7. The molecule has 0 fully saturated rings. The third-order valence-electron chi connectivity index (χ3n) is 3.41. The Morgan fingerprint density at radius 2 is 1.93 bits per heavy atom.